The zero-order valence-corrected chi connectivity index (χ0v) is 12.9. The van der Waals surface area contributed by atoms with Crippen molar-refractivity contribution in [3.05, 3.63) is 41.3 Å². The number of hydrogen-bond acceptors (Lipinski definition) is 4. The summed E-state index contributed by atoms with van der Waals surface area (Å²) in [6, 6.07) is 5.83. The van der Waals surface area contributed by atoms with E-state index in [4.69, 9.17) is 4.74 Å². The van der Waals surface area contributed by atoms with Gasteiger partial charge in [0, 0.05) is 37.3 Å². The van der Waals surface area contributed by atoms with Gasteiger partial charge < -0.3 is 9.84 Å². The van der Waals surface area contributed by atoms with Crippen LogP contribution in [-0.4, -0.2) is 33.1 Å². The predicted octanol–water partition coefficient (Wildman–Crippen LogP) is 2.02. The normalized spacial score (nSPS) is 12.4. The Balaban J connectivity index is 2.00. The standard InChI is InChI=1S/C16H23N3O2/c1-4-13-9-14(19(5-2)18-13)10-15(20)8-12-6-7-16(21-3)17-11-12/h6-7,9,11,15,20H,4-5,8,10H2,1-3H3. The van der Waals surface area contributed by atoms with Crippen LogP contribution in [0.15, 0.2) is 24.4 Å². The Morgan fingerprint density at radius 2 is 2.10 bits per heavy atom. The Labute approximate surface area is 125 Å². The lowest BCUT2D eigenvalue weighted by atomic mass is 10.1. The summed E-state index contributed by atoms with van der Waals surface area (Å²) < 4.78 is 7.00. The maximum atomic E-state index is 10.3. The van der Waals surface area contributed by atoms with Crippen LogP contribution in [0, 0.1) is 0 Å². The molecule has 114 valence electrons. The molecule has 1 atom stereocenters. The highest BCUT2D eigenvalue weighted by Gasteiger charge is 2.12. The third kappa shape index (κ3) is 4.04. The molecule has 0 radical (unpaired) electrons. The van der Waals surface area contributed by atoms with Crippen molar-refractivity contribution >= 4 is 0 Å². The fraction of sp³-hybridized carbons (Fsp3) is 0.500. The van der Waals surface area contributed by atoms with Crippen molar-refractivity contribution in [2.24, 2.45) is 0 Å². The number of ether oxygens (including phenoxy) is 1. The number of pyridine rings is 1. The van der Waals surface area contributed by atoms with Gasteiger partial charge in [0.25, 0.3) is 0 Å². The molecule has 0 aliphatic heterocycles. The van der Waals surface area contributed by atoms with Gasteiger partial charge >= 0.3 is 0 Å². The molecule has 0 fully saturated rings. The lowest BCUT2D eigenvalue weighted by Gasteiger charge is -2.11. The summed E-state index contributed by atoms with van der Waals surface area (Å²) in [5.41, 5.74) is 3.16. The first-order valence-electron chi connectivity index (χ1n) is 7.38. The van der Waals surface area contributed by atoms with Gasteiger partial charge in [0.05, 0.1) is 18.9 Å². The third-order valence-corrected chi connectivity index (χ3v) is 3.50. The van der Waals surface area contributed by atoms with E-state index < -0.39 is 6.10 Å². The molecule has 0 aliphatic rings. The average molecular weight is 289 g/mol. The summed E-state index contributed by atoms with van der Waals surface area (Å²) in [5, 5.41) is 14.8. The minimum atomic E-state index is -0.438. The van der Waals surface area contributed by atoms with Crippen molar-refractivity contribution in [3.8, 4) is 5.88 Å². The van der Waals surface area contributed by atoms with Crippen molar-refractivity contribution < 1.29 is 9.84 Å². The molecule has 0 amide bonds. The second kappa shape index (κ2) is 7.22. The number of aliphatic hydroxyl groups excluding tert-OH is 1. The smallest absolute Gasteiger partial charge is 0.212 e. The van der Waals surface area contributed by atoms with Gasteiger partial charge in [-0.1, -0.05) is 13.0 Å². The zero-order valence-electron chi connectivity index (χ0n) is 12.9. The number of hydrogen-bond donors (Lipinski definition) is 1. The molecule has 0 bridgehead atoms. The van der Waals surface area contributed by atoms with Crippen molar-refractivity contribution in [2.45, 2.75) is 45.8 Å². The van der Waals surface area contributed by atoms with E-state index in [1.54, 1.807) is 13.3 Å². The van der Waals surface area contributed by atoms with Gasteiger partial charge in [-0.25, -0.2) is 4.98 Å². The molecule has 0 spiro atoms. The molecular formula is C16H23N3O2. The van der Waals surface area contributed by atoms with Gasteiger partial charge in [0.1, 0.15) is 0 Å². The van der Waals surface area contributed by atoms with Crippen molar-refractivity contribution in [1.29, 1.82) is 0 Å². The number of rotatable bonds is 7. The molecule has 2 aromatic heterocycles. The number of aryl methyl sites for hydroxylation is 2. The summed E-state index contributed by atoms with van der Waals surface area (Å²) in [6.45, 7) is 4.98. The van der Waals surface area contributed by atoms with Crippen LogP contribution in [0.1, 0.15) is 30.8 Å². The number of nitrogens with zero attached hydrogens (tertiary/aromatic N) is 3. The van der Waals surface area contributed by atoms with E-state index in [2.05, 4.69) is 30.0 Å². The van der Waals surface area contributed by atoms with E-state index in [0.717, 1.165) is 29.9 Å². The van der Waals surface area contributed by atoms with E-state index in [9.17, 15) is 5.11 Å². The Morgan fingerprint density at radius 3 is 2.67 bits per heavy atom. The number of aliphatic hydroxyl groups is 1. The molecule has 1 unspecified atom stereocenters. The van der Waals surface area contributed by atoms with Crippen LogP contribution in [0.4, 0.5) is 0 Å². The van der Waals surface area contributed by atoms with Gasteiger partial charge in [0.15, 0.2) is 0 Å². The van der Waals surface area contributed by atoms with Gasteiger partial charge in [0.2, 0.25) is 5.88 Å². The van der Waals surface area contributed by atoms with E-state index in [1.807, 2.05) is 16.8 Å². The number of aromatic nitrogens is 3. The average Bonchev–Trinajstić information content (AvgIpc) is 2.90. The maximum Gasteiger partial charge on any atom is 0.212 e. The molecule has 21 heavy (non-hydrogen) atoms. The van der Waals surface area contributed by atoms with Crippen LogP contribution in [0.3, 0.4) is 0 Å². The summed E-state index contributed by atoms with van der Waals surface area (Å²) >= 11 is 0. The Morgan fingerprint density at radius 1 is 1.29 bits per heavy atom. The topological polar surface area (TPSA) is 60.2 Å². The van der Waals surface area contributed by atoms with Crippen LogP contribution in [0.25, 0.3) is 0 Å². The lowest BCUT2D eigenvalue weighted by Crippen LogP contribution is -2.17. The molecule has 5 heteroatoms. The van der Waals surface area contributed by atoms with Gasteiger partial charge in [-0.15, -0.1) is 0 Å². The van der Waals surface area contributed by atoms with E-state index >= 15 is 0 Å². The molecule has 1 N–H and O–H groups in total. The summed E-state index contributed by atoms with van der Waals surface area (Å²) in [7, 11) is 1.59. The summed E-state index contributed by atoms with van der Waals surface area (Å²) in [4.78, 5) is 4.16. The molecular weight excluding hydrogens is 266 g/mol. The lowest BCUT2D eigenvalue weighted by molar-refractivity contribution is 0.172. The monoisotopic (exact) mass is 289 g/mol. The number of methoxy groups -OCH3 is 1. The van der Waals surface area contributed by atoms with Crippen LogP contribution in [0.2, 0.25) is 0 Å². The van der Waals surface area contributed by atoms with Crippen LogP contribution >= 0.6 is 0 Å². The Bertz CT molecular complexity index is 563. The molecule has 0 aliphatic carbocycles. The highest BCUT2D eigenvalue weighted by atomic mass is 16.5. The summed E-state index contributed by atoms with van der Waals surface area (Å²) in [6.07, 6.45) is 3.40. The molecule has 0 aromatic carbocycles. The first-order chi connectivity index (χ1) is 10.2. The van der Waals surface area contributed by atoms with E-state index in [-0.39, 0.29) is 0 Å². The minimum absolute atomic E-state index is 0.438. The molecule has 2 rings (SSSR count). The first-order valence-corrected chi connectivity index (χ1v) is 7.38. The molecule has 0 saturated carbocycles. The van der Waals surface area contributed by atoms with Crippen molar-refractivity contribution in [2.75, 3.05) is 7.11 Å². The van der Waals surface area contributed by atoms with E-state index in [0.29, 0.717) is 18.7 Å². The summed E-state index contributed by atoms with van der Waals surface area (Å²) in [5.74, 6) is 0.588. The molecule has 0 saturated heterocycles. The minimum Gasteiger partial charge on any atom is -0.481 e. The van der Waals surface area contributed by atoms with E-state index in [1.165, 1.54) is 0 Å². The first kappa shape index (κ1) is 15.5. The maximum absolute atomic E-state index is 10.3. The van der Waals surface area contributed by atoms with Crippen molar-refractivity contribution in [3.63, 3.8) is 0 Å². The van der Waals surface area contributed by atoms with Crippen LogP contribution in [0.5, 0.6) is 5.88 Å². The van der Waals surface area contributed by atoms with Gasteiger partial charge in [-0.3, -0.25) is 4.68 Å². The zero-order chi connectivity index (χ0) is 15.2. The molecule has 5 nitrogen and oxygen atoms in total. The SMILES string of the molecule is CCc1cc(CC(O)Cc2ccc(OC)nc2)n(CC)n1. The second-order valence-electron chi connectivity index (χ2n) is 5.07. The highest BCUT2D eigenvalue weighted by Crippen LogP contribution is 2.13. The Hall–Kier alpha value is -1.88. The quantitative estimate of drug-likeness (QED) is 0.847. The Kier molecular flexibility index (Phi) is 5.33. The fourth-order valence-electron chi connectivity index (χ4n) is 2.36. The van der Waals surface area contributed by atoms with Crippen molar-refractivity contribution in [1.82, 2.24) is 14.8 Å². The fourth-order valence-corrected chi connectivity index (χ4v) is 2.36. The predicted molar refractivity (Wildman–Crippen MR) is 81.5 cm³/mol. The third-order valence-electron chi connectivity index (χ3n) is 3.50. The largest absolute Gasteiger partial charge is 0.481 e. The second-order valence-corrected chi connectivity index (χ2v) is 5.07. The highest BCUT2D eigenvalue weighted by molar-refractivity contribution is 5.19. The molecule has 2 heterocycles. The van der Waals surface area contributed by atoms with Gasteiger partial charge in [-0.2, -0.15) is 5.10 Å². The van der Waals surface area contributed by atoms with Crippen LogP contribution in [-0.2, 0) is 25.8 Å². The van der Waals surface area contributed by atoms with Gasteiger partial charge in [-0.05, 0) is 25.0 Å². The van der Waals surface area contributed by atoms with Crippen LogP contribution < -0.4 is 4.74 Å². The molecule has 2 aromatic rings.